The zero-order valence-corrected chi connectivity index (χ0v) is 12.8. The van der Waals surface area contributed by atoms with Crippen LogP contribution in [0.1, 0.15) is 61.7 Å². The molecule has 3 aliphatic rings. The minimum absolute atomic E-state index is 0.245. The predicted molar refractivity (Wildman–Crippen MR) is 70.3 cm³/mol. The second-order valence-corrected chi connectivity index (χ2v) is 7.82. The first-order valence-corrected chi connectivity index (χ1v) is 7.77. The molecular formula is C15H16F6N2O. The number of aliphatic hydroxyl groups is 1. The van der Waals surface area contributed by atoms with Gasteiger partial charge in [-0.05, 0) is 38.0 Å². The van der Waals surface area contributed by atoms with E-state index in [1.54, 1.807) is 0 Å². The van der Waals surface area contributed by atoms with Gasteiger partial charge < -0.3 is 5.11 Å². The third-order valence-corrected chi connectivity index (χ3v) is 5.57. The van der Waals surface area contributed by atoms with Crippen LogP contribution in [0.3, 0.4) is 0 Å². The Morgan fingerprint density at radius 3 is 2.25 bits per heavy atom. The highest BCUT2D eigenvalue weighted by Gasteiger charge is 2.61. The number of hydrogen-bond acceptors (Lipinski definition) is 2. The number of aliphatic hydroxyl groups excluding tert-OH is 1. The fourth-order valence-corrected chi connectivity index (χ4v) is 4.90. The van der Waals surface area contributed by atoms with Crippen LogP contribution in [-0.2, 0) is 12.6 Å². The Morgan fingerprint density at radius 1 is 1.17 bits per heavy atom. The molecule has 0 bridgehead atoms. The summed E-state index contributed by atoms with van der Waals surface area (Å²) in [5.74, 6) is -3.63. The number of fused-ring (bicyclic) bond motifs is 1. The maximum Gasteiger partial charge on any atom is 0.435 e. The standard InChI is InChI=1S/C15H16F6N2O/c1-12(16)5-13(6-12)2-7(3-13)23-8-4-14(17,18)11(24)9(8)10(22-23)15(19,20)21/h7,11,24H,2-6H2,1H3. The monoisotopic (exact) mass is 354 g/mol. The molecule has 1 atom stereocenters. The molecule has 4 rings (SSSR count). The Kier molecular flexibility index (Phi) is 2.90. The van der Waals surface area contributed by atoms with Crippen LogP contribution in [0.2, 0.25) is 0 Å². The number of alkyl halides is 6. The second-order valence-electron chi connectivity index (χ2n) is 7.82. The Labute approximate surface area is 133 Å². The van der Waals surface area contributed by atoms with E-state index in [0.29, 0.717) is 25.7 Å². The summed E-state index contributed by atoms with van der Waals surface area (Å²) >= 11 is 0. The first kappa shape index (κ1) is 16.2. The Bertz CT molecular complexity index is 692. The molecular weight excluding hydrogens is 338 g/mol. The van der Waals surface area contributed by atoms with E-state index in [1.165, 1.54) is 6.92 Å². The van der Waals surface area contributed by atoms with Crippen LogP contribution in [0.15, 0.2) is 0 Å². The smallest absolute Gasteiger partial charge is 0.382 e. The minimum Gasteiger partial charge on any atom is -0.382 e. The van der Waals surface area contributed by atoms with Crippen LogP contribution in [0.25, 0.3) is 0 Å². The number of halogens is 6. The Morgan fingerprint density at radius 2 is 1.75 bits per heavy atom. The van der Waals surface area contributed by atoms with E-state index in [-0.39, 0.29) is 11.1 Å². The lowest BCUT2D eigenvalue weighted by atomic mass is 9.49. The maximum atomic E-state index is 13.7. The van der Waals surface area contributed by atoms with Gasteiger partial charge in [-0.15, -0.1) is 0 Å². The summed E-state index contributed by atoms with van der Waals surface area (Å²) in [6, 6.07) is -0.452. The fraction of sp³-hybridized carbons (Fsp3) is 0.800. The van der Waals surface area contributed by atoms with E-state index < -0.39 is 47.6 Å². The van der Waals surface area contributed by atoms with E-state index in [1.807, 2.05) is 0 Å². The average molecular weight is 354 g/mol. The minimum atomic E-state index is -4.91. The maximum absolute atomic E-state index is 13.7. The summed E-state index contributed by atoms with van der Waals surface area (Å²) in [6.45, 7) is 1.48. The molecule has 1 spiro atoms. The first-order chi connectivity index (χ1) is 10.8. The second kappa shape index (κ2) is 4.28. The summed E-state index contributed by atoms with van der Waals surface area (Å²) < 4.78 is 81.5. The zero-order valence-electron chi connectivity index (χ0n) is 12.8. The third-order valence-electron chi connectivity index (χ3n) is 5.57. The van der Waals surface area contributed by atoms with E-state index in [2.05, 4.69) is 5.10 Å². The molecule has 0 amide bonds. The van der Waals surface area contributed by atoms with Crippen LogP contribution in [0.5, 0.6) is 0 Å². The Balaban J connectivity index is 1.66. The van der Waals surface area contributed by atoms with E-state index >= 15 is 0 Å². The molecule has 1 aromatic heterocycles. The van der Waals surface area contributed by atoms with E-state index in [0.717, 1.165) is 4.68 Å². The normalized spacial score (nSPS) is 40.3. The van der Waals surface area contributed by atoms with Crippen LogP contribution < -0.4 is 0 Å². The SMILES string of the molecule is CC1(F)CC2(CC(n3nc(C(F)(F)F)c4c3CC(F)(F)C4O)C2)C1. The highest BCUT2D eigenvalue weighted by Crippen LogP contribution is 2.65. The number of hydrogen-bond donors (Lipinski definition) is 1. The largest absolute Gasteiger partial charge is 0.435 e. The van der Waals surface area contributed by atoms with Gasteiger partial charge in [0.25, 0.3) is 5.92 Å². The van der Waals surface area contributed by atoms with Crippen molar-refractivity contribution >= 4 is 0 Å². The number of rotatable bonds is 1. The van der Waals surface area contributed by atoms with Gasteiger partial charge in [0.1, 0.15) is 11.8 Å². The summed E-state index contributed by atoms with van der Waals surface area (Å²) in [6.07, 6.45) is -6.83. The predicted octanol–water partition coefficient (Wildman–Crippen LogP) is 3.97. The summed E-state index contributed by atoms with van der Waals surface area (Å²) in [5.41, 5.74) is -3.99. The van der Waals surface area contributed by atoms with Crippen molar-refractivity contribution in [3.05, 3.63) is 17.0 Å². The van der Waals surface area contributed by atoms with Crippen molar-refractivity contribution in [3.8, 4) is 0 Å². The van der Waals surface area contributed by atoms with Crippen LogP contribution in [-0.4, -0.2) is 26.5 Å². The molecule has 0 aromatic carbocycles. The molecule has 0 aliphatic heterocycles. The molecule has 134 valence electrons. The lowest BCUT2D eigenvalue weighted by Gasteiger charge is -2.59. The van der Waals surface area contributed by atoms with Crippen molar-refractivity contribution < 1.29 is 31.4 Å². The van der Waals surface area contributed by atoms with Crippen molar-refractivity contribution in [1.82, 2.24) is 9.78 Å². The van der Waals surface area contributed by atoms with Gasteiger partial charge in [0.05, 0.1) is 18.2 Å². The molecule has 1 unspecified atom stereocenters. The topological polar surface area (TPSA) is 38.0 Å². The molecule has 3 nitrogen and oxygen atoms in total. The quantitative estimate of drug-likeness (QED) is 0.775. The third kappa shape index (κ3) is 2.12. The van der Waals surface area contributed by atoms with Crippen molar-refractivity contribution in [2.24, 2.45) is 5.41 Å². The highest BCUT2D eigenvalue weighted by molar-refractivity contribution is 5.38. The fourth-order valence-electron chi connectivity index (χ4n) is 4.90. The van der Waals surface area contributed by atoms with Crippen molar-refractivity contribution in [3.63, 3.8) is 0 Å². The molecule has 2 fully saturated rings. The number of nitrogens with zero attached hydrogens (tertiary/aromatic N) is 2. The molecule has 2 saturated carbocycles. The molecule has 0 saturated heterocycles. The lowest BCUT2D eigenvalue weighted by molar-refractivity contribution is -0.148. The average Bonchev–Trinajstić information content (AvgIpc) is 2.79. The summed E-state index contributed by atoms with van der Waals surface area (Å²) in [5, 5.41) is 13.1. The Hall–Kier alpha value is -1.25. The highest BCUT2D eigenvalue weighted by atomic mass is 19.4. The summed E-state index contributed by atoms with van der Waals surface area (Å²) in [4.78, 5) is 0. The molecule has 1 aromatic rings. The molecule has 24 heavy (non-hydrogen) atoms. The first-order valence-electron chi connectivity index (χ1n) is 7.77. The molecule has 1 N–H and O–H groups in total. The van der Waals surface area contributed by atoms with Crippen molar-refractivity contribution in [2.45, 2.75) is 68.9 Å². The van der Waals surface area contributed by atoms with Gasteiger partial charge >= 0.3 is 6.18 Å². The molecule has 0 radical (unpaired) electrons. The lowest BCUT2D eigenvalue weighted by Crippen LogP contribution is -2.54. The van der Waals surface area contributed by atoms with Crippen LogP contribution >= 0.6 is 0 Å². The van der Waals surface area contributed by atoms with Crippen molar-refractivity contribution in [1.29, 1.82) is 0 Å². The molecule has 9 heteroatoms. The number of aromatic nitrogens is 2. The van der Waals surface area contributed by atoms with E-state index in [9.17, 15) is 31.4 Å². The molecule has 1 heterocycles. The van der Waals surface area contributed by atoms with Crippen LogP contribution in [0, 0.1) is 5.41 Å². The van der Waals surface area contributed by atoms with Gasteiger partial charge in [-0.25, -0.2) is 13.2 Å². The van der Waals surface area contributed by atoms with E-state index in [4.69, 9.17) is 0 Å². The zero-order chi connectivity index (χ0) is 17.7. The van der Waals surface area contributed by atoms with Gasteiger partial charge in [-0.2, -0.15) is 18.3 Å². The van der Waals surface area contributed by atoms with Crippen LogP contribution in [0.4, 0.5) is 26.3 Å². The van der Waals surface area contributed by atoms with Gasteiger partial charge in [0.2, 0.25) is 0 Å². The van der Waals surface area contributed by atoms with Crippen molar-refractivity contribution in [2.75, 3.05) is 0 Å². The van der Waals surface area contributed by atoms with Gasteiger partial charge in [0, 0.05) is 5.56 Å². The summed E-state index contributed by atoms with van der Waals surface area (Å²) in [7, 11) is 0. The van der Waals surface area contributed by atoms with Gasteiger partial charge in [-0.3, -0.25) is 4.68 Å². The van der Waals surface area contributed by atoms with Gasteiger partial charge in [-0.1, -0.05) is 0 Å². The molecule has 3 aliphatic carbocycles. The van der Waals surface area contributed by atoms with Gasteiger partial charge in [0.15, 0.2) is 5.69 Å².